The summed E-state index contributed by atoms with van der Waals surface area (Å²) >= 11 is 0. The van der Waals surface area contributed by atoms with Crippen LogP contribution < -0.4 is 4.74 Å². The van der Waals surface area contributed by atoms with Crippen LogP contribution in [0.25, 0.3) is 0 Å². The molecule has 0 unspecified atom stereocenters. The van der Waals surface area contributed by atoms with Gasteiger partial charge in [-0.3, -0.25) is 4.79 Å². The maximum Gasteiger partial charge on any atom is 0.254 e. The van der Waals surface area contributed by atoms with Crippen molar-refractivity contribution in [1.82, 2.24) is 4.90 Å². The van der Waals surface area contributed by atoms with Gasteiger partial charge in [0.1, 0.15) is 5.75 Å². The SMILES string of the molecule is CCCOc1ccc(C(=O)N(Cc2ccc(CC)cc2)[C@H]2CCS(=O)(=O)C2)cc1. The van der Waals surface area contributed by atoms with Crippen molar-refractivity contribution in [3.05, 3.63) is 65.2 Å². The third kappa shape index (κ3) is 5.60. The summed E-state index contributed by atoms with van der Waals surface area (Å²) in [5, 5.41) is 0. The molecule has 29 heavy (non-hydrogen) atoms. The second-order valence-electron chi connectivity index (χ2n) is 7.53. The predicted octanol–water partition coefficient (Wildman–Crippen LogP) is 3.87. The Bertz CT molecular complexity index is 920. The molecule has 5 nitrogen and oxygen atoms in total. The zero-order valence-electron chi connectivity index (χ0n) is 17.1. The van der Waals surface area contributed by atoms with Gasteiger partial charge in [-0.05, 0) is 54.7 Å². The number of amides is 1. The molecule has 0 saturated carbocycles. The molecule has 0 radical (unpaired) electrons. The lowest BCUT2D eigenvalue weighted by Crippen LogP contribution is -2.40. The van der Waals surface area contributed by atoms with Crippen molar-refractivity contribution < 1.29 is 17.9 Å². The molecule has 1 aliphatic rings. The van der Waals surface area contributed by atoms with Crippen LogP contribution in [-0.2, 0) is 22.8 Å². The Morgan fingerprint density at radius 2 is 1.69 bits per heavy atom. The highest BCUT2D eigenvalue weighted by Gasteiger charge is 2.35. The Balaban J connectivity index is 1.82. The Morgan fingerprint density at radius 3 is 2.24 bits per heavy atom. The van der Waals surface area contributed by atoms with Gasteiger partial charge in [-0.25, -0.2) is 8.42 Å². The maximum atomic E-state index is 13.3. The molecule has 156 valence electrons. The number of carbonyl (C=O) groups is 1. The van der Waals surface area contributed by atoms with Gasteiger partial charge in [0.15, 0.2) is 9.84 Å². The molecule has 1 heterocycles. The fourth-order valence-corrected chi connectivity index (χ4v) is 5.28. The van der Waals surface area contributed by atoms with Gasteiger partial charge in [-0.1, -0.05) is 38.1 Å². The number of nitrogens with zero attached hydrogens (tertiary/aromatic N) is 1. The minimum atomic E-state index is -3.09. The number of hydrogen-bond donors (Lipinski definition) is 0. The minimum Gasteiger partial charge on any atom is -0.494 e. The molecule has 6 heteroatoms. The first kappa shape index (κ1) is 21.4. The van der Waals surface area contributed by atoms with E-state index in [0.717, 1.165) is 24.2 Å². The lowest BCUT2D eigenvalue weighted by Gasteiger charge is -2.28. The Hall–Kier alpha value is -2.34. The van der Waals surface area contributed by atoms with E-state index < -0.39 is 9.84 Å². The Kier molecular flexibility index (Phi) is 6.96. The average molecular weight is 416 g/mol. The van der Waals surface area contributed by atoms with E-state index in [2.05, 4.69) is 19.1 Å². The summed E-state index contributed by atoms with van der Waals surface area (Å²) in [5.41, 5.74) is 2.78. The van der Waals surface area contributed by atoms with E-state index in [1.165, 1.54) is 5.56 Å². The molecule has 2 aromatic carbocycles. The molecule has 0 aromatic heterocycles. The first-order chi connectivity index (χ1) is 13.9. The lowest BCUT2D eigenvalue weighted by molar-refractivity contribution is 0.0681. The van der Waals surface area contributed by atoms with Crippen molar-refractivity contribution in [3.63, 3.8) is 0 Å². The fraction of sp³-hybridized carbons (Fsp3) is 0.435. The molecule has 1 saturated heterocycles. The van der Waals surface area contributed by atoms with Crippen LogP contribution >= 0.6 is 0 Å². The summed E-state index contributed by atoms with van der Waals surface area (Å²) in [6.07, 6.45) is 2.36. The van der Waals surface area contributed by atoms with E-state index in [1.807, 2.05) is 19.1 Å². The first-order valence-electron chi connectivity index (χ1n) is 10.2. The van der Waals surface area contributed by atoms with Crippen molar-refractivity contribution in [1.29, 1.82) is 0 Å². The molecule has 1 atom stereocenters. The van der Waals surface area contributed by atoms with E-state index in [1.54, 1.807) is 29.2 Å². The van der Waals surface area contributed by atoms with Crippen molar-refractivity contribution >= 4 is 15.7 Å². The summed E-state index contributed by atoms with van der Waals surface area (Å²) in [4.78, 5) is 15.0. The molecule has 1 aliphatic heterocycles. The number of ether oxygens (including phenoxy) is 1. The monoisotopic (exact) mass is 415 g/mol. The van der Waals surface area contributed by atoms with E-state index in [4.69, 9.17) is 4.74 Å². The third-order valence-corrected chi connectivity index (χ3v) is 7.02. The fourth-order valence-electron chi connectivity index (χ4n) is 3.54. The van der Waals surface area contributed by atoms with Crippen LogP contribution in [-0.4, -0.2) is 43.4 Å². The molecule has 1 amide bonds. The zero-order valence-corrected chi connectivity index (χ0v) is 18.0. The molecular formula is C23H29NO4S. The topological polar surface area (TPSA) is 63.7 Å². The highest BCUT2D eigenvalue weighted by Crippen LogP contribution is 2.23. The second kappa shape index (κ2) is 9.44. The number of benzene rings is 2. The molecule has 2 aromatic rings. The minimum absolute atomic E-state index is 0.0312. The smallest absolute Gasteiger partial charge is 0.254 e. The number of rotatable bonds is 8. The summed E-state index contributed by atoms with van der Waals surface area (Å²) in [6, 6.07) is 15.0. The number of carbonyl (C=O) groups excluding carboxylic acids is 1. The molecule has 0 aliphatic carbocycles. The molecule has 3 rings (SSSR count). The van der Waals surface area contributed by atoms with Crippen LogP contribution in [0.5, 0.6) is 5.75 Å². The van der Waals surface area contributed by atoms with Crippen LogP contribution in [0.3, 0.4) is 0 Å². The molecule has 0 bridgehead atoms. The van der Waals surface area contributed by atoms with Crippen LogP contribution in [0.4, 0.5) is 0 Å². The van der Waals surface area contributed by atoms with Crippen LogP contribution in [0, 0.1) is 0 Å². The second-order valence-corrected chi connectivity index (χ2v) is 9.76. The molecule has 1 fully saturated rings. The third-order valence-electron chi connectivity index (χ3n) is 5.27. The molecule has 0 N–H and O–H groups in total. The Morgan fingerprint density at radius 1 is 1.03 bits per heavy atom. The van der Waals surface area contributed by atoms with Crippen LogP contribution in [0.1, 0.15) is 48.2 Å². The molecular weight excluding hydrogens is 386 g/mol. The number of hydrogen-bond acceptors (Lipinski definition) is 4. The Labute approximate surface area is 173 Å². The van der Waals surface area contributed by atoms with Gasteiger partial charge in [0.2, 0.25) is 0 Å². The number of sulfone groups is 1. The van der Waals surface area contributed by atoms with Crippen molar-refractivity contribution in [2.24, 2.45) is 0 Å². The standard InChI is InChI=1S/C23H29NO4S/c1-3-14-28-22-11-9-20(10-12-22)23(25)24(21-13-15-29(26,27)17-21)16-19-7-5-18(4-2)6-8-19/h5-12,21H,3-4,13-17H2,1-2H3/t21-/m0/s1. The largest absolute Gasteiger partial charge is 0.494 e. The van der Waals surface area contributed by atoms with Crippen molar-refractivity contribution in [2.45, 2.75) is 45.7 Å². The van der Waals surface area contributed by atoms with Gasteiger partial charge in [0, 0.05) is 18.2 Å². The van der Waals surface area contributed by atoms with Crippen LogP contribution in [0.15, 0.2) is 48.5 Å². The summed E-state index contributed by atoms with van der Waals surface area (Å²) < 4.78 is 29.7. The predicted molar refractivity (Wildman–Crippen MR) is 115 cm³/mol. The van der Waals surface area contributed by atoms with E-state index >= 15 is 0 Å². The summed E-state index contributed by atoms with van der Waals surface area (Å²) in [6.45, 7) is 5.17. The van der Waals surface area contributed by atoms with Gasteiger partial charge >= 0.3 is 0 Å². The maximum absolute atomic E-state index is 13.3. The normalized spacial score (nSPS) is 17.8. The van der Waals surface area contributed by atoms with E-state index in [0.29, 0.717) is 25.1 Å². The van der Waals surface area contributed by atoms with Gasteiger partial charge in [0.05, 0.1) is 18.1 Å². The lowest BCUT2D eigenvalue weighted by atomic mass is 10.1. The first-order valence-corrected chi connectivity index (χ1v) is 12.1. The zero-order chi connectivity index (χ0) is 20.9. The van der Waals surface area contributed by atoms with E-state index in [9.17, 15) is 13.2 Å². The van der Waals surface area contributed by atoms with Crippen molar-refractivity contribution in [2.75, 3.05) is 18.1 Å². The highest BCUT2D eigenvalue weighted by atomic mass is 32.2. The average Bonchev–Trinajstić information content (AvgIpc) is 3.10. The van der Waals surface area contributed by atoms with E-state index in [-0.39, 0.29) is 23.5 Å². The number of aryl methyl sites for hydroxylation is 1. The van der Waals surface area contributed by atoms with Gasteiger partial charge in [-0.15, -0.1) is 0 Å². The van der Waals surface area contributed by atoms with Gasteiger partial charge in [-0.2, -0.15) is 0 Å². The quantitative estimate of drug-likeness (QED) is 0.657. The summed E-state index contributed by atoms with van der Waals surface area (Å²) in [5.74, 6) is 0.756. The summed E-state index contributed by atoms with van der Waals surface area (Å²) in [7, 11) is -3.09. The van der Waals surface area contributed by atoms with Gasteiger partial charge < -0.3 is 9.64 Å². The van der Waals surface area contributed by atoms with Crippen LogP contribution in [0.2, 0.25) is 0 Å². The van der Waals surface area contributed by atoms with Crippen molar-refractivity contribution in [3.8, 4) is 5.75 Å². The van der Waals surface area contributed by atoms with Gasteiger partial charge in [0.25, 0.3) is 5.91 Å². The molecule has 0 spiro atoms. The highest BCUT2D eigenvalue weighted by molar-refractivity contribution is 7.91.